The molecule has 1 unspecified atom stereocenters. The Balaban J connectivity index is 1.50. The average molecular weight is 358 g/mol. The van der Waals surface area contributed by atoms with Crippen molar-refractivity contribution in [2.24, 2.45) is 0 Å². The Morgan fingerprint density at radius 3 is 2.81 bits per heavy atom. The minimum absolute atomic E-state index is 0.0453. The number of benzene rings is 1. The molecule has 0 aliphatic heterocycles. The van der Waals surface area contributed by atoms with Gasteiger partial charge in [0.2, 0.25) is 0 Å². The van der Waals surface area contributed by atoms with E-state index in [1.54, 1.807) is 6.20 Å². The molecule has 0 spiro atoms. The zero-order valence-electron chi connectivity index (χ0n) is 13.8. The van der Waals surface area contributed by atoms with Crippen molar-refractivity contribution in [1.29, 1.82) is 0 Å². The number of hydrogen-bond donors (Lipinski definition) is 2. The average Bonchev–Trinajstić information content (AvgIpc) is 3.26. The summed E-state index contributed by atoms with van der Waals surface area (Å²) in [6, 6.07) is 10.2. The molecule has 1 aliphatic carbocycles. The maximum atomic E-state index is 12.9. The number of pyridine rings is 1. The molecule has 1 aliphatic rings. The fourth-order valence-corrected chi connectivity index (χ4v) is 3.47. The van der Waals surface area contributed by atoms with Gasteiger partial charge in [-0.1, -0.05) is 24.3 Å². The first-order valence-corrected chi connectivity index (χ1v) is 8.38. The van der Waals surface area contributed by atoms with Gasteiger partial charge in [0.15, 0.2) is 0 Å². The van der Waals surface area contributed by atoms with Crippen molar-refractivity contribution in [2.75, 3.05) is 0 Å². The Hall–Kier alpha value is -2.67. The fraction of sp³-hybridized carbons (Fsp3) is 0.263. The van der Waals surface area contributed by atoms with Crippen LogP contribution in [-0.4, -0.2) is 15.2 Å². The Morgan fingerprint density at radius 2 is 2.04 bits per heavy atom. The monoisotopic (exact) mass is 358 g/mol. The summed E-state index contributed by atoms with van der Waals surface area (Å²) in [7, 11) is 0. The van der Waals surface area contributed by atoms with E-state index in [9.17, 15) is 13.2 Å². The van der Waals surface area contributed by atoms with Crippen LogP contribution in [-0.2, 0) is 19.1 Å². The van der Waals surface area contributed by atoms with Crippen LogP contribution in [0.25, 0.3) is 11.1 Å². The lowest BCUT2D eigenvalue weighted by Crippen LogP contribution is -2.20. The van der Waals surface area contributed by atoms with Gasteiger partial charge in [-0.2, -0.15) is 18.3 Å². The SMILES string of the molecule is FC(F)(F)c1[nH]ncc1CNC1CCc2cc(-c3cccnc3)ccc21. The van der Waals surface area contributed by atoms with Gasteiger partial charge < -0.3 is 5.32 Å². The molecule has 1 atom stereocenters. The van der Waals surface area contributed by atoms with Crippen LogP contribution in [0.3, 0.4) is 0 Å². The standard InChI is InChI=1S/C19H17F3N4/c20-19(21,22)18-15(11-25-26-18)10-24-17-6-4-13-8-12(3-5-16(13)17)14-2-1-7-23-9-14/h1-3,5,7-9,11,17,24H,4,6,10H2,(H,25,26). The molecule has 3 aromatic rings. The predicted molar refractivity (Wildman–Crippen MR) is 91.2 cm³/mol. The number of aromatic amines is 1. The highest BCUT2D eigenvalue weighted by Gasteiger charge is 2.35. The topological polar surface area (TPSA) is 53.6 Å². The summed E-state index contributed by atoms with van der Waals surface area (Å²) in [5, 5.41) is 8.82. The number of H-pyrrole nitrogens is 1. The van der Waals surface area contributed by atoms with E-state index in [1.807, 2.05) is 29.5 Å². The van der Waals surface area contributed by atoms with E-state index in [-0.39, 0.29) is 18.2 Å². The van der Waals surface area contributed by atoms with Crippen molar-refractivity contribution < 1.29 is 13.2 Å². The summed E-state index contributed by atoms with van der Waals surface area (Å²) in [5.74, 6) is 0. The minimum Gasteiger partial charge on any atom is -0.306 e. The summed E-state index contributed by atoms with van der Waals surface area (Å²) in [4.78, 5) is 4.14. The second-order valence-electron chi connectivity index (χ2n) is 6.40. The van der Waals surface area contributed by atoms with Crippen LogP contribution in [0, 0.1) is 0 Å². The largest absolute Gasteiger partial charge is 0.433 e. The molecule has 1 aromatic carbocycles. The molecule has 0 bridgehead atoms. The number of aryl methyl sites for hydroxylation is 1. The molecular formula is C19H17F3N4. The third-order valence-corrected chi connectivity index (χ3v) is 4.76. The zero-order chi connectivity index (χ0) is 18.1. The first kappa shape index (κ1) is 16.8. The number of nitrogens with zero attached hydrogens (tertiary/aromatic N) is 2. The molecule has 134 valence electrons. The lowest BCUT2D eigenvalue weighted by molar-refractivity contribution is -0.141. The van der Waals surface area contributed by atoms with Crippen molar-refractivity contribution in [2.45, 2.75) is 31.6 Å². The highest BCUT2D eigenvalue weighted by atomic mass is 19.4. The molecule has 4 rings (SSSR count). The number of nitrogens with one attached hydrogen (secondary N) is 2. The number of hydrogen-bond acceptors (Lipinski definition) is 3. The van der Waals surface area contributed by atoms with E-state index in [4.69, 9.17) is 0 Å². The molecule has 0 radical (unpaired) electrons. The first-order chi connectivity index (χ1) is 12.5. The van der Waals surface area contributed by atoms with Crippen molar-refractivity contribution in [3.63, 3.8) is 0 Å². The van der Waals surface area contributed by atoms with Crippen LogP contribution in [0.2, 0.25) is 0 Å². The van der Waals surface area contributed by atoms with Gasteiger partial charge in [-0.15, -0.1) is 0 Å². The molecule has 2 heterocycles. The predicted octanol–water partition coefficient (Wildman–Crippen LogP) is 4.27. The van der Waals surface area contributed by atoms with Gasteiger partial charge >= 0.3 is 6.18 Å². The number of alkyl halides is 3. The Bertz CT molecular complexity index is 903. The van der Waals surface area contributed by atoms with Gasteiger partial charge in [0.05, 0.1) is 6.20 Å². The van der Waals surface area contributed by atoms with Crippen molar-refractivity contribution in [3.05, 3.63) is 71.3 Å². The summed E-state index contributed by atoms with van der Waals surface area (Å²) >= 11 is 0. The van der Waals surface area contributed by atoms with Crippen molar-refractivity contribution in [1.82, 2.24) is 20.5 Å². The second-order valence-corrected chi connectivity index (χ2v) is 6.40. The second kappa shape index (κ2) is 6.57. The van der Waals surface area contributed by atoms with Crippen LogP contribution in [0.4, 0.5) is 13.2 Å². The molecule has 0 amide bonds. The van der Waals surface area contributed by atoms with E-state index >= 15 is 0 Å². The minimum atomic E-state index is -4.42. The Kier molecular flexibility index (Phi) is 4.24. The smallest absolute Gasteiger partial charge is 0.306 e. The lowest BCUT2D eigenvalue weighted by atomic mass is 10.0. The maximum absolute atomic E-state index is 12.9. The first-order valence-electron chi connectivity index (χ1n) is 8.38. The molecular weight excluding hydrogens is 341 g/mol. The van der Waals surface area contributed by atoms with Crippen LogP contribution in [0.5, 0.6) is 0 Å². The molecule has 2 aromatic heterocycles. The summed E-state index contributed by atoms with van der Waals surface area (Å²) < 4.78 is 38.8. The van der Waals surface area contributed by atoms with Gasteiger partial charge in [0.1, 0.15) is 5.69 Å². The van der Waals surface area contributed by atoms with Gasteiger partial charge in [0, 0.05) is 30.5 Å². The molecule has 0 saturated heterocycles. The number of rotatable bonds is 4. The van der Waals surface area contributed by atoms with Crippen LogP contribution in [0.1, 0.15) is 34.8 Å². The van der Waals surface area contributed by atoms with E-state index in [0.717, 1.165) is 29.5 Å². The number of aromatic nitrogens is 3. The normalized spacial score (nSPS) is 16.7. The number of halogens is 3. The van der Waals surface area contributed by atoms with Crippen molar-refractivity contribution >= 4 is 0 Å². The van der Waals surface area contributed by atoms with Crippen LogP contribution in [0.15, 0.2) is 48.9 Å². The number of fused-ring (bicyclic) bond motifs is 1. The molecule has 26 heavy (non-hydrogen) atoms. The van der Waals surface area contributed by atoms with E-state index in [2.05, 4.69) is 27.5 Å². The lowest BCUT2D eigenvalue weighted by Gasteiger charge is -2.15. The molecule has 2 N–H and O–H groups in total. The molecule has 0 saturated carbocycles. The Labute approximate surface area is 148 Å². The maximum Gasteiger partial charge on any atom is 0.433 e. The zero-order valence-corrected chi connectivity index (χ0v) is 13.8. The van der Waals surface area contributed by atoms with E-state index in [1.165, 1.54) is 11.8 Å². The fourth-order valence-electron chi connectivity index (χ4n) is 3.47. The van der Waals surface area contributed by atoms with Gasteiger partial charge in [-0.25, -0.2) is 0 Å². The highest BCUT2D eigenvalue weighted by Crippen LogP contribution is 2.35. The van der Waals surface area contributed by atoms with Gasteiger partial charge in [0.25, 0.3) is 0 Å². The van der Waals surface area contributed by atoms with Crippen LogP contribution < -0.4 is 5.32 Å². The molecule has 7 heteroatoms. The summed E-state index contributed by atoms with van der Waals surface area (Å²) in [6.07, 6.45) is 2.15. The third-order valence-electron chi connectivity index (χ3n) is 4.76. The quantitative estimate of drug-likeness (QED) is 0.732. The molecule has 4 nitrogen and oxygen atoms in total. The summed E-state index contributed by atoms with van der Waals surface area (Å²) in [6.45, 7) is 0.125. The van der Waals surface area contributed by atoms with Crippen LogP contribution >= 0.6 is 0 Å². The molecule has 0 fully saturated rings. The van der Waals surface area contributed by atoms with E-state index in [0.29, 0.717) is 0 Å². The van der Waals surface area contributed by atoms with Gasteiger partial charge in [-0.3, -0.25) is 10.1 Å². The highest BCUT2D eigenvalue weighted by molar-refractivity contribution is 5.64. The van der Waals surface area contributed by atoms with Gasteiger partial charge in [-0.05, 0) is 41.2 Å². The summed E-state index contributed by atoms with van der Waals surface area (Å²) in [5.41, 5.74) is 3.89. The Morgan fingerprint density at radius 1 is 1.15 bits per heavy atom. The van der Waals surface area contributed by atoms with Crippen molar-refractivity contribution in [3.8, 4) is 11.1 Å². The third kappa shape index (κ3) is 3.22. The van der Waals surface area contributed by atoms with E-state index < -0.39 is 11.9 Å².